The van der Waals surface area contributed by atoms with Crippen molar-refractivity contribution in [1.29, 1.82) is 0 Å². The first-order valence-corrected chi connectivity index (χ1v) is 13.5. The molecule has 2 spiro atoms. The van der Waals surface area contributed by atoms with E-state index < -0.39 is 29.1 Å². The van der Waals surface area contributed by atoms with Crippen molar-refractivity contribution in [3.05, 3.63) is 53.8 Å². The maximum absolute atomic E-state index is 17.2. The first-order valence-electron chi connectivity index (χ1n) is 13.5. The summed E-state index contributed by atoms with van der Waals surface area (Å²) in [4.78, 5) is 6.16. The number of ether oxygens (including phenoxy) is 1. The third kappa shape index (κ3) is 2.86. The Labute approximate surface area is 217 Å². The van der Waals surface area contributed by atoms with Crippen LogP contribution in [0, 0.1) is 11.3 Å². The number of hydrogen-bond donors (Lipinski definition) is 3. The maximum atomic E-state index is 17.2. The minimum atomic E-state index is -1.66. The molecule has 2 saturated carbocycles. The lowest BCUT2D eigenvalue weighted by Gasteiger charge is -2.60. The van der Waals surface area contributed by atoms with Crippen molar-refractivity contribution in [3.8, 4) is 0 Å². The largest absolute Gasteiger partial charge is 0.388 e. The molecule has 2 unspecified atom stereocenters. The average molecular weight is 506 g/mol. The van der Waals surface area contributed by atoms with Crippen LogP contribution in [-0.2, 0) is 4.74 Å². The molecular weight excluding hydrogens is 469 g/mol. The molecule has 2 aliphatic heterocycles. The number of alkyl halides is 1. The molecule has 37 heavy (non-hydrogen) atoms. The monoisotopic (exact) mass is 505 g/mol. The zero-order valence-corrected chi connectivity index (χ0v) is 21.7. The van der Waals surface area contributed by atoms with Crippen molar-refractivity contribution in [3.63, 3.8) is 0 Å². The third-order valence-corrected chi connectivity index (χ3v) is 10.7. The molecule has 0 amide bonds. The van der Waals surface area contributed by atoms with Crippen LogP contribution in [0.25, 0.3) is 16.3 Å². The van der Waals surface area contributed by atoms with E-state index in [1.165, 1.54) is 5.57 Å². The number of pyridine rings is 1. The molecule has 2 aromatic rings. The average Bonchev–Trinajstić information content (AvgIpc) is 3.40. The van der Waals surface area contributed by atoms with E-state index in [9.17, 15) is 10.2 Å². The summed E-state index contributed by atoms with van der Waals surface area (Å²) >= 11 is 0. The standard InChI is InChI=1S/C30H36FN3O3/c1-27-9-11-29(31)15-21-24(35)25(36)22(34(2)3)16-28(21)10-12-30(29,37-28)23(27)7-6-20(27)18-4-5-19-17(14-18)8-13-33-26(19)32/h4-6,8,13-15,22-25,35-36H,7,9-12,16H2,1-3H3,(H2,32,33)/t22-,23?,24+,25+,27+,28+,29?,30-/m0/s1. The van der Waals surface area contributed by atoms with E-state index >= 15 is 4.39 Å². The molecular formula is C30H36FN3O3. The summed E-state index contributed by atoms with van der Waals surface area (Å²) in [5, 5.41) is 24.0. The lowest BCUT2D eigenvalue weighted by Crippen LogP contribution is -2.68. The van der Waals surface area contributed by atoms with E-state index in [1.54, 1.807) is 12.3 Å². The number of nitrogens with two attached hydrogens (primary N) is 1. The number of benzene rings is 1. The Hall–Kier alpha value is -2.32. The van der Waals surface area contributed by atoms with Gasteiger partial charge in [0.2, 0.25) is 0 Å². The molecule has 5 aliphatic rings. The van der Waals surface area contributed by atoms with E-state index in [0.717, 1.165) is 22.8 Å². The van der Waals surface area contributed by atoms with Crippen molar-refractivity contribution < 1.29 is 19.3 Å². The molecule has 1 aromatic carbocycles. The van der Waals surface area contributed by atoms with Gasteiger partial charge in [-0.25, -0.2) is 9.37 Å². The number of likely N-dealkylation sites (N-methyl/N-ethyl adjacent to an activating group) is 1. The predicted octanol–water partition coefficient (Wildman–Crippen LogP) is 4.01. The minimum absolute atomic E-state index is 0.00840. The number of halogens is 1. The summed E-state index contributed by atoms with van der Waals surface area (Å²) in [7, 11) is 3.83. The number of nitrogen functional groups attached to an aromatic ring is 1. The normalized spacial score (nSPS) is 44.3. The predicted molar refractivity (Wildman–Crippen MR) is 141 cm³/mol. The first-order chi connectivity index (χ1) is 17.5. The zero-order valence-electron chi connectivity index (χ0n) is 21.7. The van der Waals surface area contributed by atoms with Gasteiger partial charge in [0.05, 0.1) is 11.7 Å². The molecule has 4 N–H and O–H groups in total. The highest BCUT2D eigenvalue weighted by Crippen LogP contribution is 2.71. The fourth-order valence-electron chi connectivity index (χ4n) is 8.80. The van der Waals surface area contributed by atoms with Gasteiger partial charge >= 0.3 is 0 Å². The van der Waals surface area contributed by atoms with Crippen molar-refractivity contribution in [1.82, 2.24) is 9.88 Å². The summed E-state index contributed by atoms with van der Waals surface area (Å²) < 4.78 is 24.2. The van der Waals surface area contributed by atoms with Crippen LogP contribution in [0.15, 0.2) is 48.2 Å². The first kappa shape index (κ1) is 23.8. The topological polar surface area (TPSA) is 91.8 Å². The second kappa shape index (κ2) is 7.41. The van der Waals surface area contributed by atoms with Gasteiger partial charge in [-0.1, -0.05) is 25.1 Å². The fraction of sp³-hybridized carbons (Fsp3) is 0.567. The van der Waals surface area contributed by atoms with Gasteiger partial charge in [0.15, 0.2) is 5.67 Å². The number of rotatable bonds is 2. The van der Waals surface area contributed by atoms with Gasteiger partial charge in [0, 0.05) is 23.5 Å². The molecule has 3 fully saturated rings. The highest BCUT2D eigenvalue weighted by Gasteiger charge is 2.74. The minimum Gasteiger partial charge on any atom is -0.388 e. The molecule has 1 saturated heterocycles. The van der Waals surface area contributed by atoms with E-state index in [0.29, 0.717) is 43.5 Å². The van der Waals surface area contributed by atoms with E-state index in [2.05, 4.69) is 30.1 Å². The summed E-state index contributed by atoms with van der Waals surface area (Å²) in [5.41, 5.74) is 5.51. The molecule has 1 aromatic heterocycles. The lowest BCUT2D eigenvalue weighted by molar-refractivity contribution is -0.239. The number of fused-ring (bicyclic) bond motifs is 2. The van der Waals surface area contributed by atoms with Gasteiger partial charge in [-0.05, 0) is 98.3 Å². The number of nitrogens with zero attached hydrogens (tertiary/aromatic N) is 2. The maximum Gasteiger partial charge on any atom is 0.158 e. The Bertz CT molecular complexity index is 1380. The number of aromatic nitrogens is 1. The Morgan fingerprint density at radius 2 is 1.95 bits per heavy atom. The van der Waals surface area contributed by atoms with E-state index in [4.69, 9.17) is 10.5 Å². The summed E-state index contributed by atoms with van der Waals surface area (Å²) in [5.74, 6) is 0.517. The van der Waals surface area contributed by atoms with Gasteiger partial charge in [0.25, 0.3) is 0 Å². The molecule has 3 heterocycles. The molecule has 6 nitrogen and oxygen atoms in total. The Morgan fingerprint density at radius 1 is 1.14 bits per heavy atom. The van der Waals surface area contributed by atoms with Crippen LogP contribution < -0.4 is 5.73 Å². The molecule has 2 bridgehead atoms. The zero-order chi connectivity index (χ0) is 26.0. The highest BCUT2D eigenvalue weighted by atomic mass is 19.1. The van der Waals surface area contributed by atoms with Crippen LogP contribution in [0.3, 0.4) is 0 Å². The van der Waals surface area contributed by atoms with E-state index in [-0.39, 0.29) is 17.4 Å². The van der Waals surface area contributed by atoms with Gasteiger partial charge < -0.3 is 25.6 Å². The van der Waals surface area contributed by atoms with Crippen LogP contribution in [-0.4, -0.2) is 69.3 Å². The Kier molecular flexibility index (Phi) is 4.76. The van der Waals surface area contributed by atoms with Crippen molar-refractivity contribution >= 4 is 22.2 Å². The summed E-state index contributed by atoms with van der Waals surface area (Å²) in [6.07, 6.45) is 7.28. The second-order valence-electron chi connectivity index (χ2n) is 12.6. The van der Waals surface area contributed by atoms with Gasteiger partial charge in [-0.3, -0.25) is 0 Å². The van der Waals surface area contributed by atoms with Crippen molar-refractivity contribution in [2.45, 2.75) is 80.6 Å². The molecule has 0 radical (unpaired) electrons. The quantitative estimate of drug-likeness (QED) is 0.534. The number of aliphatic hydroxyl groups is 2. The summed E-state index contributed by atoms with van der Waals surface area (Å²) in [6.45, 7) is 2.28. The van der Waals surface area contributed by atoms with Crippen molar-refractivity contribution in [2.75, 3.05) is 19.8 Å². The van der Waals surface area contributed by atoms with Gasteiger partial charge in [-0.15, -0.1) is 0 Å². The Balaban J connectivity index is 1.30. The van der Waals surface area contributed by atoms with Gasteiger partial charge in [-0.2, -0.15) is 0 Å². The Morgan fingerprint density at radius 3 is 2.73 bits per heavy atom. The third-order valence-electron chi connectivity index (χ3n) is 10.7. The molecule has 196 valence electrons. The molecule has 3 aliphatic carbocycles. The van der Waals surface area contributed by atoms with Crippen LogP contribution >= 0.6 is 0 Å². The molecule has 7 heteroatoms. The molecule has 7 rings (SSSR count). The lowest BCUT2D eigenvalue weighted by atomic mass is 9.53. The smallest absolute Gasteiger partial charge is 0.158 e. The van der Waals surface area contributed by atoms with Crippen LogP contribution in [0.1, 0.15) is 51.0 Å². The van der Waals surface area contributed by atoms with Gasteiger partial charge in [0.1, 0.15) is 17.5 Å². The number of aliphatic hydroxyl groups excluding tert-OH is 2. The van der Waals surface area contributed by atoms with E-state index in [1.807, 2.05) is 31.1 Å². The van der Waals surface area contributed by atoms with Crippen LogP contribution in [0.5, 0.6) is 0 Å². The van der Waals surface area contributed by atoms with Crippen molar-refractivity contribution in [2.24, 2.45) is 11.3 Å². The fourth-order valence-corrected chi connectivity index (χ4v) is 8.80. The number of anilines is 1. The summed E-state index contributed by atoms with van der Waals surface area (Å²) in [6, 6.07) is 8.07. The molecule has 8 atom stereocenters. The number of allylic oxidation sites excluding steroid dienone is 2. The van der Waals surface area contributed by atoms with Crippen LogP contribution in [0.4, 0.5) is 10.2 Å². The number of hydrogen-bond acceptors (Lipinski definition) is 6. The highest BCUT2D eigenvalue weighted by molar-refractivity contribution is 5.93. The second-order valence-corrected chi connectivity index (χ2v) is 12.6. The van der Waals surface area contributed by atoms with Crippen LogP contribution in [0.2, 0.25) is 0 Å². The SMILES string of the molecule is CN(C)[C@H]1C[C@@]23CC[C@]4(O2)C2CC=C(c5ccc6c(N)nccc6c5)[C@@]2(C)CCC4(F)C=C3[C@@H](O)[C@@H]1O.